The van der Waals surface area contributed by atoms with Crippen LogP contribution in [0.15, 0.2) is 0 Å². The SMILES string of the molecule is CCOC(OCC)[P+](=O)C1CCCCC1. The first-order chi connectivity index (χ1) is 7.29. The van der Waals surface area contributed by atoms with Crippen molar-refractivity contribution in [1.29, 1.82) is 0 Å². The molecule has 88 valence electrons. The molecule has 0 aliphatic heterocycles. The average Bonchev–Trinajstić information content (AvgIpc) is 2.29. The lowest BCUT2D eigenvalue weighted by molar-refractivity contribution is -0.0803. The zero-order valence-electron chi connectivity index (χ0n) is 9.78. The van der Waals surface area contributed by atoms with Crippen LogP contribution in [0.5, 0.6) is 0 Å². The van der Waals surface area contributed by atoms with E-state index in [4.69, 9.17) is 9.47 Å². The molecule has 0 spiro atoms. The quantitative estimate of drug-likeness (QED) is 0.520. The molecule has 0 aromatic rings. The standard InChI is InChI=1S/C11H22O3P/c1-3-13-11(14-4-2)15(12)10-8-6-5-7-9-10/h10-11H,3-9H2,1-2H3/q+1. The van der Waals surface area contributed by atoms with Crippen LogP contribution < -0.4 is 0 Å². The summed E-state index contributed by atoms with van der Waals surface area (Å²) in [4.78, 5) is 0. The fourth-order valence-corrected chi connectivity index (χ4v) is 3.80. The highest BCUT2D eigenvalue weighted by Gasteiger charge is 2.40. The molecule has 0 amide bonds. The summed E-state index contributed by atoms with van der Waals surface area (Å²) in [5.41, 5.74) is 0.317. The molecule has 0 heterocycles. The summed E-state index contributed by atoms with van der Waals surface area (Å²) in [6.45, 7) is 4.96. The van der Waals surface area contributed by atoms with Crippen LogP contribution in [0, 0.1) is 0 Å². The van der Waals surface area contributed by atoms with Gasteiger partial charge in [-0.05, 0) is 39.5 Å². The van der Waals surface area contributed by atoms with E-state index in [1.54, 1.807) is 0 Å². The first-order valence-electron chi connectivity index (χ1n) is 5.98. The molecule has 1 saturated carbocycles. The van der Waals surface area contributed by atoms with Crippen LogP contribution in [0.25, 0.3) is 0 Å². The van der Waals surface area contributed by atoms with Crippen LogP contribution in [0.4, 0.5) is 0 Å². The van der Waals surface area contributed by atoms with Crippen molar-refractivity contribution in [3.8, 4) is 0 Å². The topological polar surface area (TPSA) is 35.5 Å². The van der Waals surface area contributed by atoms with E-state index in [9.17, 15) is 4.57 Å². The second-order valence-corrected chi connectivity index (χ2v) is 5.74. The number of ether oxygens (including phenoxy) is 2. The van der Waals surface area contributed by atoms with Gasteiger partial charge < -0.3 is 9.47 Å². The van der Waals surface area contributed by atoms with Crippen molar-refractivity contribution in [2.45, 2.75) is 57.6 Å². The summed E-state index contributed by atoms with van der Waals surface area (Å²) in [6, 6.07) is -0.474. The van der Waals surface area contributed by atoms with E-state index in [-0.39, 0.29) is 0 Å². The van der Waals surface area contributed by atoms with Gasteiger partial charge in [0.25, 0.3) is 0 Å². The molecule has 15 heavy (non-hydrogen) atoms. The van der Waals surface area contributed by atoms with Gasteiger partial charge in [0.2, 0.25) is 0 Å². The van der Waals surface area contributed by atoms with Gasteiger partial charge in [-0.2, -0.15) is 0 Å². The molecule has 1 unspecified atom stereocenters. The maximum Gasteiger partial charge on any atom is 0.404 e. The summed E-state index contributed by atoms with van der Waals surface area (Å²) in [6.07, 6.45) is 5.85. The van der Waals surface area contributed by atoms with Gasteiger partial charge in [-0.25, -0.2) is 0 Å². The fraction of sp³-hybridized carbons (Fsp3) is 1.00. The zero-order valence-corrected chi connectivity index (χ0v) is 10.7. The maximum atomic E-state index is 12.2. The maximum absolute atomic E-state index is 12.2. The van der Waals surface area contributed by atoms with Crippen molar-refractivity contribution in [1.82, 2.24) is 0 Å². The van der Waals surface area contributed by atoms with Gasteiger partial charge in [0.15, 0.2) is 5.66 Å². The first kappa shape index (κ1) is 13.1. The van der Waals surface area contributed by atoms with Gasteiger partial charge in [0, 0.05) is 0 Å². The third kappa shape index (κ3) is 4.18. The summed E-state index contributed by atoms with van der Waals surface area (Å²) >= 11 is 0. The van der Waals surface area contributed by atoms with Gasteiger partial charge >= 0.3 is 13.8 Å². The molecule has 1 fully saturated rings. The molecule has 1 atom stereocenters. The average molecular weight is 233 g/mol. The molecule has 0 radical (unpaired) electrons. The molecule has 0 aromatic carbocycles. The van der Waals surface area contributed by atoms with E-state index < -0.39 is 13.8 Å². The predicted molar refractivity (Wildman–Crippen MR) is 61.5 cm³/mol. The Morgan fingerprint density at radius 3 is 2.13 bits per heavy atom. The van der Waals surface area contributed by atoms with Crippen molar-refractivity contribution < 1.29 is 14.0 Å². The molecular weight excluding hydrogens is 211 g/mol. The fourth-order valence-electron chi connectivity index (χ4n) is 1.99. The molecule has 1 aliphatic carbocycles. The van der Waals surface area contributed by atoms with Crippen LogP contribution in [0.1, 0.15) is 46.0 Å². The Morgan fingerprint density at radius 1 is 1.13 bits per heavy atom. The van der Waals surface area contributed by atoms with Crippen LogP contribution in [-0.2, 0) is 14.0 Å². The molecule has 0 N–H and O–H groups in total. The normalized spacial score (nSPS) is 19.5. The Morgan fingerprint density at radius 2 is 1.67 bits per heavy atom. The van der Waals surface area contributed by atoms with Gasteiger partial charge in [0.05, 0.1) is 13.2 Å². The lowest BCUT2D eigenvalue weighted by atomic mass is 10.0. The molecule has 0 aromatic heterocycles. The van der Waals surface area contributed by atoms with E-state index in [2.05, 4.69) is 0 Å². The number of hydrogen-bond donors (Lipinski definition) is 0. The van der Waals surface area contributed by atoms with Gasteiger partial charge in [-0.3, -0.25) is 0 Å². The van der Waals surface area contributed by atoms with Gasteiger partial charge in [-0.1, -0.05) is 11.0 Å². The van der Waals surface area contributed by atoms with Crippen LogP contribution in [0.3, 0.4) is 0 Å². The smallest absolute Gasteiger partial charge is 0.313 e. The summed E-state index contributed by atoms with van der Waals surface area (Å²) in [5, 5.41) is 0. The lowest BCUT2D eigenvalue weighted by Gasteiger charge is -2.16. The van der Waals surface area contributed by atoms with Crippen molar-refractivity contribution in [3.63, 3.8) is 0 Å². The van der Waals surface area contributed by atoms with Crippen LogP contribution >= 0.6 is 7.80 Å². The van der Waals surface area contributed by atoms with Crippen molar-refractivity contribution in [3.05, 3.63) is 0 Å². The number of hydrogen-bond acceptors (Lipinski definition) is 3. The summed E-state index contributed by atoms with van der Waals surface area (Å²) in [5.74, 6) is 0. The third-order valence-electron chi connectivity index (χ3n) is 2.76. The Balaban J connectivity index is 2.45. The van der Waals surface area contributed by atoms with Crippen molar-refractivity contribution in [2.75, 3.05) is 13.2 Å². The molecular formula is C11H22O3P+. The summed E-state index contributed by atoms with van der Waals surface area (Å²) < 4.78 is 23.0. The Bertz CT molecular complexity index is 184. The van der Waals surface area contributed by atoms with Crippen LogP contribution in [0.2, 0.25) is 0 Å². The van der Waals surface area contributed by atoms with Gasteiger partial charge in [0.1, 0.15) is 0 Å². The monoisotopic (exact) mass is 233 g/mol. The minimum absolute atomic E-state index is 0.317. The van der Waals surface area contributed by atoms with E-state index in [0.717, 1.165) is 12.8 Å². The minimum Gasteiger partial charge on any atom is -0.313 e. The second kappa shape index (κ2) is 7.32. The van der Waals surface area contributed by atoms with Gasteiger partial charge in [-0.15, -0.1) is 0 Å². The molecule has 1 rings (SSSR count). The van der Waals surface area contributed by atoms with Crippen LogP contribution in [-0.4, -0.2) is 24.9 Å². The minimum atomic E-state index is -1.37. The zero-order chi connectivity index (χ0) is 11.1. The molecule has 1 aliphatic rings. The largest absolute Gasteiger partial charge is 0.404 e. The molecule has 0 saturated heterocycles. The lowest BCUT2D eigenvalue weighted by Crippen LogP contribution is -2.19. The van der Waals surface area contributed by atoms with Crippen molar-refractivity contribution >= 4 is 7.80 Å². The second-order valence-electron chi connectivity index (χ2n) is 3.87. The highest BCUT2D eigenvalue weighted by molar-refractivity contribution is 7.45. The summed E-state index contributed by atoms with van der Waals surface area (Å²) in [7, 11) is -1.37. The Kier molecular flexibility index (Phi) is 6.39. The first-order valence-corrected chi connectivity index (χ1v) is 7.38. The Labute approximate surface area is 93.3 Å². The predicted octanol–water partition coefficient (Wildman–Crippen LogP) is 3.50. The molecule has 3 nitrogen and oxygen atoms in total. The van der Waals surface area contributed by atoms with E-state index >= 15 is 0 Å². The van der Waals surface area contributed by atoms with E-state index in [1.165, 1.54) is 19.3 Å². The third-order valence-corrected chi connectivity index (χ3v) is 4.71. The van der Waals surface area contributed by atoms with E-state index in [0.29, 0.717) is 18.9 Å². The molecule has 0 bridgehead atoms. The Hall–Kier alpha value is 0.0200. The molecule has 4 heteroatoms. The highest BCUT2D eigenvalue weighted by atomic mass is 31.1. The highest BCUT2D eigenvalue weighted by Crippen LogP contribution is 2.42. The van der Waals surface area contributed by atoms with E-state index in [1.807, 2.05) is 13.8 Å². The number of rotatable bonds is 6. The van der Waals surface area contributed by atoms with Crippen molar-refractivity contribution in [2.24, 2.45) is 0 Å².